The molecule has 0 spiro atoms. The van der Waals surface area contributed by atoms with Crippen LogP contribution in [0.2, 0.25) is 0 Å². The summed E-state index contributed by atoms with van der Waals surface area (Å²) in [5.41, 5.74) is 0.619. The topological polar surface area (TPSA) is 62.2 Å². The molecule has 0 atom stereocenters. The fourth-order valence-electron chi connectivity index (χ4n) is 1.08. The number of thiazole rings is 1. The van der Waals surface area contributed by atoms with Gasteiger partial charge in [0.25, 0.3) is 5.91 Å². The molecule has 2 aromatic rings. The molecule has 0 unspecified atom stereocenters. The number of anilines is 1. The Labute approximate surface area is 106 Å². The fourth-order valence-corrected chi connectivity index (χ4v) is 2.40. The highest BCUT2D eigenvalue weighted by Crippen LogP contribution is 2.18. The van der Waals surface area contributed by atoms with Crippen molar-refractivity contribution < 1.29 is 9.90 Å². The lowest BCUT2D eigenvalue weighted by Crippen LogP contribution is -2.10. The first-order valence-corrected chi connectivity index (χ1v) is 6.44. The Morgan fingerprint density at radius 3 is 3.18 bits per heavy atom. The first-order valence-electron chi connectivity index (χ1n) is 4.68. The predicted molar refractivity (Wildman–Crippen MR) is 68.4 cm³/mol. The summed E-state index contributed by atoms with van der Waals surface area (Å²) in [5, 5.41) is 15.4. The number of thiophene rings is 1. The lowest BCUT2D eigenvalue weighted by molar-refractivity contribution is 0.102. The zero-order valence-electron chi connectivity index (χ0n) is 8.64. The Morgan fingerprint density at radius 2 is 2.47 bits per heavy atom. The van der Waals surface area contributed by atoms with Crippen molar-refractivity contribution >= 4 is 33.7 Å². The molecule has 6 heteroatoms. The van der Waals surface area contributed by atoms with E-state index < -0.39 is 0 Å². The zero-order chi connectivity index (χ0) is 12.1. The van der Waals surface area contributed by atoms with Crippen LogP contribution in [0.25, 0.3) is 0 Å². The molecule has 2 rings (SSSR count). The van der Waals surface area contributed by atoms with Gasteiger partial charge in [0.1, 0.15) is 6.61 Å². The number of aliphatic hydroxyl groups excluding tert-OH is 1. The minimum atomic E-state index is -0.186. The van der Waals surface area contributed by atoms with Gasteiger partial charge in [-0.2, -0.15) is 11.3 Å². The molecule has 0 aliphatic rings. The molecule has 4 nitrogen and oxygen atoms in total. The molecular weight excluding hydrogens is 256 g/mol. The number of carbonyl (C=O) groups excluding carboxylic acids is 1. The normalized spacial score (nSPS) is 9.47. The number of aliphatic hydroxyl groups is 1. The van der Waals surface area contributed by atoms with Crippen LogP contribution in [0.3, 0.4) is 0 Å². The Morgan fingerprint density at radius 1 is 1.59 bits per heavy atom. The summed E-state index contributed by atoms with van der Waals surface area (Å²) in [4.78, 5) is 16.4. The Hall–Kier alpha value is -1.68. The van der Waals surface area contributed by atoms with E-state index in [-0.39, 0.29) is 12.5 Å². The van der Waals surface area contributed by atoms with Gasteiger partial charge in [0.15, 0.2) is 5.13 Å². The van der Waals surface area contributed by atoms with Gasteiger partial charge in [0.05, 0.1) is 16.6 Å². The van der Waals surface area contributed by atoms with Gasteiger partial charge in [-0.05, 0) is 11.4 Å². The van der Waals surface area contributed by atoms with E-state index in [0.717, 1.165) is 0 Å². The maximum Gasteiger partial charge on any atom is 0.258 e. The highest BCUT2D eigenvalue weighted by molar-refractivity contribution is 7.16. The van der Waals surface area contributed by atoms with Crippen LogP contribution in [0.5, 0.6) is 0 Å². The van der Waals surface area contributed by atoms with Gasteiger partial charge >= 0.3 is 0 Å². The van der Waals surface area contributed by atoms with Crippen LogP contribution in [-0.4, -0.2) is 22.6 Å². The monoisotopic (exact) mass is 264 g/mol. The molecule has 2 heterocycles. The number of amides is 1. The van der Waals surface area contributed by atoms with E-state index in [1.807, 2.05) is 5.38 Å². The molecule has 0 saturated heterocycles. The van der Waals surface area contributed by atoms with Gasteiger partial charge in [-0.25, -0.2) is 4.98 Å². The van der Waals surface area contributed by atoms with E-state index in [1.54, 1.807) is 17.6 Å². The lowest BCUT2D eigenvalue weighted by atomic mass is 10.3. The fraction of sp³-hybridized carbons (Fsp3) is 0.0909. The van der Waals surface area contributed by atoms with Crippen molar-refractivity contribution in [3.05, 3.63) is 33.5 Å². The minimum Gasteiger partial charge on any atom is -0.384 e. The van der Waals surface area contributed by atoms with Gasteiger partial charge in [0.2, 0.25) is 0 Å². The second-order valence-corrected chi connectivity index (χ2v) is 4.77. The van der Waals surface area contributed by atoms with E-state index in [1.165, 1.54) is 22.7 Å². The van der Waals surface area contributed by atoms with Crippen molar-refractivity contribution in [2.24, 2.45) is 0 Å². The van der Waals surface area contributed by atoms with Crippen LogP contribution in [0.1, 0.15) is 15.2 Å². The smallest absolute Gasteiger partial charge is 0.258 e. The van der Waals surface area contributed by atoms with Gasteiger partial charge in [-0.15, -0.1) is 0 Å². The van der Waals surface area contributed by atoms with Crippen LogP contribution in [0, 0.1) is 11.8 Å². The Balaban J connectivity index is 2.04. The average Bonchev–Trinajstić information content (AvgIpc) is 2.97. The minimum absolute atomic E-state index is 0.178. The summed E-state index contributed by atoms with van der Waals surface area (Å²) in [6.45, 7) is -0.186. The number of hydrogen-bond acceptors (Lipinski definition) is 5. The van der Waals surface area contributed by atoms with Gasteiger partial charge in [0, 0.05) is 5.38 Å². The summed E-state index contributed by atoms with van der Waals surface area (Å²) < 4.78 is 0. The summed E-state index contributed by atoms with van der Waals surface area (Å²) in [6.07, 6.45) is 1.57. The van der Waals surface area contributed by atoms with Crippen LogP contribution in [0.15, 0.2) is 23.0 Å². The number of nitrogens with zero attached hydrogens (tertiary/aromatic N) is 1. The van der Waals surface area contributed by atoms with Crippen LogP contribution >= 0.6 is 22.7 Å². The number of hydrogen-bond donors (Lipinski definition) is 2. The Kier molecular flexibility index (Phi) is 3.88. The summed E-state index contributed by atoms with van der Waals surface area (Å²) in [7, 11) is 0. The molecule has 0 aliphatic carbocycles. The van der Waals surface area contributed by atoms with E-state index >= 15 is 0 Å². The molecule has 2 aromatic heterocycles. The molecule has 2 N–H and O–H groups in total. The number of carbonyl (C=O) groups is 1. The molecular formula is C11H8N2O2S2. The molecule has 0 bridgehead atoms. The van der Waals surface area contributed by atoms with Crippen molar-refractivity contribution in [1.29, 1.82) is 0 Å². The first kappa shape index (κ1) is 11.8. The van der Waals surface area contributed by atoms with E-state index in [2.05, 4.69) is 22.1 Å². The average molecular weight is 264 g/mol. The van der Waals surface area contributed by atoms with Crippen molar-refractivity contribution in [1.82, 2.24) is 4.98 Å². The molecule has 0 aliphatic heterocycles. The van der Waals surface area contributed by atoms with Crippen LogP contribution in [0.4, 0.5) is 5.13 Å². The summed E-state index contributed by atoms with van der Waals surface area (Å²) >= 11 is 2.74. The SMILES string of the molecule is O=C(Nc1ncc(C#CCO)s1)c1ccsc1. The molecule has 0 radical (unpaired) electrons. The quantitative estimate of drug-likeness (QED) is 0.813. The van der Waals surface area contributed by atoms with Crippen molar-refractivity contribution in [2.45, 2.75) is 0 Å². The lowest BCUT2D eigenvalue weighted by Gasteiger charge is -1.97. The number of aromatic nitrogens is 1. The van der Waals surface area contributed by atoms with E-state index in [9.17, 15) is 4.79 Å². The maximum atomic E-state index is 11.7. The molecule has 0 fully saturated rings. The standard InChI is InChI=1S/C11H8N2O2S2/c14-4-1-2-9-6-12-11(17-9)13-10(15)8-3-5-16-7-8/h3,5-7,14H,4H2,(H,12,13,15). The third-order valence-electron chi connectivity index (χ3n) is 1.80. The second kappa shape index (κ2) is 5.59. The highest BCUT2D eigenvalue weighted by atomic mass is 32.1. The molecule has 0 aromatic carbocycles. The Bertz CT molecular complexity index is 564. The number of nitrogens with one attached hydrogen (secondary N) is 1. The van der Waals surface area contributed by atoms with Crippen molar-refractivity contribution in [2.75, 3.05) is 11.9 Å². The third-order valence-corrected chi connectivity index (χ3v) is 3.31. The van der Waals surface area contributed by atoms with Crippen LogP contribution < -0.4 is 5.32 Å². The molecule has 0 saturated carbocycles. The largest absolute Gasteiger partial charge is 0.384 e. The third kappa shape index (κ3) is 3.14. The first-order chi connectivity index (χ1) is 8.29. The van der Waals surface area contributed by atoms with Crippen molar-refractivity contribution in [3.63, 3.8) is 0 Å². The highest BCUT2D eigenvalue weighted by Gasteiger charge is 2.08. The molecule has 17 heavy (non-hydrogen) atoms. The second-order valence-electron chi connectivity index (χ2n) is 2.96. The van der Waals surface area contributed by atoms with Gasteiger partial charge in [-0.3, -0.25) is 10.1 Å². The van der Waals surface area contributed by atoms with Crippen molar-refractivity contribution in [3.8, 4) is 11.8 Å². The van der Waals surface area contributed by atoms with Gasteiger partial charge < -0.3 is 5.11 Å². The summed E-state index contributed by atoms with van der Waals surface area (Å²) in [6, 6.07) is 1.75. The summed E-state index contributed by atoms with van der Waals surface area (Å²) in [5.74, 6) is 5.07. The predicted octanol–water partition coefficient (Wildman–Crippen LogP) is 1.80. The van der Waals surface area contributed by atoms with E-state index in [0.29, 0.717) is 15.6 Å². The number of rotatable bonds is 2. The van der Waals surface area contributed by atoms with Crippen LogP contribution in [-0.2, 0) is 0 Å². The van der Waals surface area contributed by atoms with E-state index in [4.69, 9.17) is 5.11 Å². The zero-order valence-corrected chi connectivity index (χ0v) is 10.3. The molecule has 1 amide bonds. The van der Waals surface area contributed by atoms with Gasteiger partial charge in [-0.1, -0.05) is 23.2 Å². The maximum absolute atomic E-state index is 11.7. The molecule has 86 valence electrons.